The molecule has 0 aliphatic heterocycles. The zero-order valence-electron chi connectivity index (χ0n) is 13.5. The standard InChI is InChI=1S/C18H19N3O2S/c1-14(16-9-5-3-6-10-16)20-24(22,23)18-13-21(19-15(18)2)17-11-7-4-8-12-17/h3-14,20H,1-2H3. The lowest BCUT2D eigenvalue weighted by Crippen LogP contribution is -2.27. The molecule has 0 aliphatic carbocycles. The third-order valence-corrected chi connectivity index (χ3v) is 5.44. The molecule has 0 bridgehead atoms. The molecular weight excluding hydrogens is 322 g/mol. The van der Waals surface area contributed by atoms with Gasteiger partial charge in [-0.25, -0.2) is 17.8 Å². The van der Waals surface area contributed by atoms with E-state index in [0.29, 0.717) is 5.69 Å². The van der Waals surface area contributed by atoms with Gasteiger partial charge in [0.1, 0.15) is 4.90 Å². The molecule has 5 nitrogen and oxygen atoms in total. The van der Waals surface area contributed by atoms with Gasteiger partial charge in [0.15, 0.2) is 0 Å². The van der Waals surface area contributed by atoms with Gasteiger partial charge in [-0.2, -0.15) is 5.10 Å². The molecule has 2 aromatic carbocycles. The van der Waals surface area contributed by atoms with Gasteiger partial charge in [0.05, 0.1) is 17.6 Å². The van der Waals surface area contributed by atoms with Crippen LogP contribution in [-0.4, -0.2) is 18.2 Å². The Morgan fingerprint density at radius 1 is 1.00 bits per heavy atom. The Hall–Kier alpha value is -2.44. The van der Waals surface area contributed by atoms with Crippen LogP contribution in [0.25, 0.3) is 5.69 Å². The first-order chi connectivity index (χ1) is 11.5. The molecule has 0 radical (unpaired) electrons. The fourth-order valence-electron chi connectivity index (χ4n) is 2.53. The highest BCUT2D eigenvalue weighted by Crippen LogP contribution is 2.20. The van der Waals surface area contributed by atoms with Gasteiger partial charge in [0, 0.05) is 6.04 Å². The van der Waals surface area contributed by atoms with Crippen LogP contribution in [-0.2, 0) is 10.0 Å². The molecule has 0 saturated heterocycles. The van der Waals surface area contributed by atoms with Crippen molar-refractivity contribution in [3.05, 3.63) is 78.1 Å². The van der Waals surface area contributed by atoms with Crippen LogP contribution in [0.5, 0.6) is 0 Å². The van der Waals surface area contributed by atoms with Gasteiger partial charge < -0.3 is 0 Å². The summed E-state index contributed by atoms with van der Waals surface area (Å²) in [6.07, 6.45) is 1.55. The van der Waals surface area contributed by atoms with Gasteiger partial charge in [0.25, 0.3) is 0 Å². The minimum Gasteiger partial charge on any atom is -0.239 e. The van der Waals surface area contributed by atoms with Gasteiger partial charge in [-0.1, -0.05) is 48.5 Å². The second-order valence-electron chi connectivity index (χ2n) is 5.61. The highest BCUT2D eigenvalue weighted by atomic mass is 32.2. The largest absolute Gasteiger partial charge is 0.244 e. The summed E-state index contributed by atoms with van der Waals surface area (Å²) < 4.78 is 29.7. The molecule has 0 amide bonds. The van der Waals surface area contributed by atoms with E-state index in [2.05, 4.69) is 9.82 Å². The van der Waals surface area contributed by atoms with Crippen molar-refractivity contribution in [2.24, 2.45) is 0 Å². The summed E-state index contributed by atoms with van der Waals surface area (Å²) in [5, 5.41) is 4.32. The molecule has 1 aromatic heterocycles. The molecule has 0 fully saturated rings. The van der Waals surface area contributed by atoms with E-state index in [1.807, 2.05) is 67.6 Å². The maximum Gasteiger partial charge on any atom is 0.244 e. The van der Waals surface area contributed by atoms with Crippen LogP contribution in [0.4, 0.5) is 0 Å². The molecule has 0 saturated carbocycles. The minimum atomic E-state index is -3.66. The number of rotatable bonds is 5. The average Bonchev–Trinajstić information content (AvgIpc) is 2.99. The Morgan fingerprint density at radius 2 is 1.58 bits per heavy atom. The van der Waals surface area contributed by atoms with Gasteiger partial charge in [-0.05, 0) is 31.5 Å². The van der Waals surface area contributed by atoms with Gasteiger partial charge >= 0.3 is 0 Å². The Balaban J connectivity index is 1.89. The topological polar surface area (TPSA) is 64.0 Å². The molecule has 1 heterocycles. The van der Waals surface area contributed by atoms with E-state index in [1.54, 1.807) is 17.8 Å². The first-order valence-electron chi connectivity index (χ1n) is 7.66. The lowest BCUT2D eigenvalue weighted by Gasteiger charge is -2.14. The van der Waals surface area contributed by atoms with Crippen LogP contribution in [0.3, 0.4) is 0 Å². The summed E-state index contributed by atoms with van der Waals surface area (Å²) in [5.74, 6) is 0. The first-order valence-corrected chi connectivity index (χ1v) is 9.14. The van der Waals surface area contributed by atoms with E-state index in [0.717, 1.165) is 11.3 Å². The average molecular weight is 341 g/mol. The highest BCUT2D eigenvalue weighted by Gasteiger charge is 2.23. The summed E-state index contributed by atoms with van der Waals surface area (Å²) in [5.41, 5.74) is 2.19. The second kappa shape index (κ2) is 6.59. The first kappa shape index (κ1) is 16.4. The zero-order chi connectivity index (χ0) is 17.2. The van der Waals surface area contributed by atoms with Crippen molar-refractivity contribution in [2.75, 3.05) is 0 Å². The van der Waals surface area contributed by atoms with Crippen molar-refractivity contribution in [1.29, 1.82) is 0 Å². The van der Waals surface area contributed by atoms with Crippen LogP contribution in [0.1, 0.15) is 24.2 Å². The number of hydrogen-bond acceptors (Lipinski definition) is 3. The predicted octanol–water partition coefficient (Wildman–Crippen LogP) is 3.22. The number of para-hydroxylation sites is 1. The maximum atomic E-state index is 12.7. The van der Waals surface area contributed by atoms with E-state index in [-0.39, 0.29) is 10.9 Å². The van der Waals surface area contributed by atoms with E-state index in [1.165, 1.54) is 0 Å². The number of aromatic nitrogens is 2. The molecule has 1 unspecified atom stereocenters. The monoisotopic (exact) mass is 341 g/mol. The van der Waals surface area contributed by atoms with Crippen molar-refractivity contribution in [3.63, 3.8) is 0 Å². The van der Waals surface area contributed by atoms with Crippen molar-refractivity contribution < 1.29 is 8.42 Å². The molecule has 3 rings (SSSR count). The lowest BCUT2D eigenvalue weighted by molar-refractivity contribution is 0.566. The lowest BCUT2D eigenvalue weighted by atomic mass is 10.1. The predicted molar refractivity (Wildman–Crippen MR) is 93.5 cm³/mol. The van der Waals surface area contributed by atoms with Gasteiger partial charge in [0.2, 0.25) is 10.0 Å². The molecule has 6 heteroatoms. The number of aryl methyl sites for hydroxylation is 1. The molecule has 1 N–H and O–H groups in total. The van der Waals surface area contributed by atoms with Crippen molar-refractivity contribution >= 4 is 10.0 Å². The Labute approximate surface area is 142 Å². The Morgan fingerprint density at radius 3 is 2.21 bits per heavy atom. The number of nitrogens with zero attached hydrogens (tertiary/aromatic N) is 2. The van der Waals surface area contributed by atoms with E-state index < -0.39 is 10.0 Å². The zero-order valence-corrected chi connectivity index (χ0v) is 14.4. The van der Waals surface area contributed by atoms with Gasteiger partial charge in [-0.3, -0.25) is 0 Å². The van der Waals surface area contributed by atoms with Crippen molar-refractivity contribution in [2.45, 2.75) is 24.8 Å². The van der Waals surface area contributed by atoms with Crippen LogP contribution >= 0.6 is 0 Å². The van der Waals surface area contributed by atoms with Crippen LogP contribution in [0, 0.1) is 6.92 Å². The normalized spacial score (nSPS) is 12.9. The van der Waals surface area contributed by atoms with Crippen molar-refractivity contribution in [1.82, 2.24) is 14.5 Å². The molecular formula is C18H19N3O2S. The number of benzene rings is 2. The molecule has 1 atom stereocenters. The smallest absolute Gasteiger partial charge is 0.239 e. The molecule has 3 aromatic rings. The Kier molecular flexibility index (Phi) is 4.51. The van der Waals surface area contributed by atoms with E-state index >= 15 is 0 Å². The van der Waals surface area contributed by atoms with E-state index in [9.17, 15) is 8.42 Å². The number of nitrogens with one attached hydrogen (secondary N) is 1. The van der Waals surface area contributed by atoms with Gasteiger partial charge in [-0.15, -0.1) is 0 Å². The van der Waals surface area contributed by atoms with E-state index in [4.69, 9.17) is 0 Å². The van der Waals surface area contributed by atoms with Crippen LogP contribution in [0.2, 0.25) is 0 Å². The second-order valence-corrected chi connectivity index (χ2v) is 7.29. The molecule has 24 heavy (non-hydrogen) atoms. The van der Waals surface area contributed by atoms with Crippen LogP contribution < -0.4 is 4.72 Å². The number of hydrogen-bond donors (Lipinski definition) is 1. The Bertz CT molecular complexity index is 919. The molecule has 0 aliphatic rings. The summed E-state index contributed by atoms with van der Waals surface area (Å²) in [6.45, 7) is 3.52. The molecule has 124 valence electrons. The van der Waals surface area contributed by atoms with Crippen molar-refractivity contribution in [3.8, 4) is 5.69 Å². The molecule has 0 spiro atoms. The van der Waals surface area contributed by atoms with Crippen LogP contribution in [0.15, 0.2) is 71.8 Å². The summed E-state index contributed by atoms with van der Waals surface area (Å²) in [7, 11) is -3.66. The summed E-state index contributed by atoms with van der Waals surface area (Å²) in [4.78, 5) is 0.189. The third-order valence-electron chi connectivity index (χ3n) is 3.80. The summed E-state index contributed by atoms with van der Waals surface area (Å²) >= 11 is 0. The fourth-order valence-corrected chi connectivity index (χ4v) is 3.92. The quantitative estimate of drug-likeness (QED) is 0.775. The highest BCUT2D eigenvalue weighted by molar-refractivity contribution is 7.89. The number of sulfonamides is 1. The SMILES string of the molecule is Cc1nn(-c2ccccc2)cc1S(=O)(=O)NC(C)c1ccccc1. The minimum absolute atomic E-state index is 0.189. The summed E-state index contributed by atoms with van der Waals surface area (Å²) in [6, 6.07) is 18.6. The third kappa shape index (κ3) is 3.39. The fraction of sp³-hybridized carbons (Fsp3) is 0.167. The maximum absolute atomic E-state index is 12.7.